The third-order valence-corrected chi connectivity index (χ3v) is 4.77. The molecule has 2 N–H and O–H groups in total. The first kappa shape index (κ1) is 20.2. The smallest absolute Gasteiger partial charge is 0.416 e. The first-order valence-corrected chi connectivity index (χ1v) is 8.85. The molecule has 0 saturated carbocycles. The van der Waals surface area contributed by atoms with Gasteiger partial charge in [-0.3, -0.25) is 9.36 Å². The highest BCUT2D eigenvalue weighted by Gasteiger charge is 2.32. The maximum absolute atomic E-state index is 13.3. The number of aromatic nitrogens is 2. The lowest BCUT2D eigenvalue weighted by Gasteiger charge is -2.17. The molecule has 0 aliphatic carbocycles. The van der Waals surface area contributed by atoms with Gasteiger partial charge in [-0.05, 0) is 36.4 Å². The molecular weight excluding hydrogens is 415 g/mol. The van der Waals surface area contributed by atoms with E-state index in [1.54, 1.807) is 12.1 Å². The minimum absolute atomic E-state index is 0.0996. The molecule has 2 aromatic carbocycles. The van der Waals surface area contributed by atoms with Gasteiger partial charge in [0.25, 0.3) is 5.56 Å². The summed E-state index contributed by atoms with van der Waals surface area (Å²) in [6.07, 6.45) is -1.89. The number of ether oxygens (including phenoxy) is 1. The predicted octanol–water partition coefficient (Wildman–Crippen LogP) is 4.03. The van der Waals surface area contributed by atoms with Crippen LogP contribution in [0.5, 0.6) is 0 Å². The highest BCUT2D eigenvalue weighted by atomic mass is 19.4. The maximum atomic E-state index is 13.3. The number of anilines is 1. The van der Waals surface area contributed by atoms with Crippen molar-refractivity contribution in [3.05, 3.63) is 76.5 Å². The van der Waals surface area contributed by atoms with E-state index < -0.39 is 28.8 Å². The van der Waals surface area contributed by atoms with Crippen molar-refractivity contribution in [2.45, 2.75) is 6.18 Å². The van der Waals surface area contributed by atoms with Crippen LogP contribution in [0.3, 0.4) is 0 Å². The summed E-state index contributed by atoms with van der Waals surface area (Å²) in [7, 11) is 1.08. The van der Waals surface area contributed by atoms with Gasteiger partial charge in [0.15, 0.2) is 12.2 Å². The average molecular weight is 429 g/mol. The number of hydrogen-bond acceptors (Lipinski definition) is 6. The molecule has 0 bridgehead atoms. The number of carbonyl (C=O) groups is 1. The molecular formula is C21H14F3N3O4. The number of pyridine rings is 1. The Bertz CT molecular complexity index is 1340. The molecule has 0 fully saturated rings. The number of oxazole rings is 1. The normalized spacial score (nSPS) is 11.6. The number of halogens is 3. The Labute approximate surface area is 172 Å². The van der Waals surface area contributed by atoms with Crippen LogP contribution in [0, 0.1) is 0 Å². The third kappa shape index (κ3) is 3.41. The number of nitrogens with zero attached hydrogens (tertiary/aromatic N) is 2. The Balaban J connectivity index is 2.03. The van der Waals surface area contributed by atoms with Crippen LogP contribution in [0.25, 0.3) is 27.9 Å². The van der Waals surface area contributed by atoms with Gasteiger partial charge in [0.05, 0.1) is 30.1 Å². The summed E-state index contributed by atoms with van der Waals surface area (Å²) >= 11 is 0. The fourth-order valence-electron chi connectivity index (χ4n) is 3.28. The highest BCUT2D eigenvalue weighted by Crippen LogP contribution is 2.34. The zero-order valence-electron chi connectivity index (χ0n) is 15.9. The second kappa shape index (κ2) is 7.31. The van der Waals surface area contributed by atoms with Gasteiger partial charge < -0.3 is 14.9 Å². The van der Waals surface area contributed by atoms with E-state index in [2.05, 4.69) is 9.72 Å². The number of benzene rings is 2. The molecule has 158 valence electrons. The summed E-state index contributed by atoms with van der Waals surface area (Å²) in [6, 6.07) is 9.01. The lowest BCUT2D eigenvalue weighted by molar-refractivity contribution is -0.137. The number of nitrogens with two attached hydrogens (primary N) is 1. The molecule has 0 saturated heterocycles. The van der Waals surface area contributed by atoms with Crippen molar-refractivity contribution in [3.8, 4) is 17.0 Å². The quantitative estimate of drug-likeness (QED) is 0.494. The monoisotopic (exact) mass is 429 g/mol. The third-order valence-electron chi connectivity index (χ3n) is 4.77. The number of esters is 1. The molecule has 0 aliphatic rings. The van der Waals surface area contributed by atoms with Gasteiger partial charge in [-0.15, -0.1) is 0 Å². The zero-order chi connectivity index (χ0) is 22.3. The summed E-state index contributed by atoms with van der Waals surface area (Å²) < 4.78 is 50.8. The number of hydrogen-bond donors (Lipinski definition) is 1. The van der Waals surface area contributed by atoms with Crippen LogP contribution < -0.4 is 11.3 Å². The number of nitrogen functional groups attached to an aromatic ring is 1. The van der Waals surface area contributed by atoms with E-state index in [1.807, 2.05) is 0 Å². The van der Waals surface area contributed by atoms with Gasteiger partial charge >= 0.3 is 12.1 Å². The Hall–Kier alpha value is -4.08. The molecule has 31 heavy (non-hydrogen) atoms. The topological polar surface area (TPSA) is 100 Å². The number of fused-ring (bicyclic) bond motifs is 1. The second-order valence-corrected chi connectivity index (χ2v) is 6.56. The molecule has 7 nitrogen and oxygen atoms in total. The number of rotatable bonds is 3. The van der Waals surface area contributed by atoms with E-state index in [4.69, 9.17) is 10.2 Å². The molecule has 4 aromatic rings. The first-order chi connectivity index (χ1) is 14.7. The van der Waals surface area contributed by atoms with E-state index in [9.17, 15) is 22.8 Å². The van der Waals surface area contributed by atoms with Crippen molar-refractivity contribution in [2.75, 3.05) is 12.8 Å². The lowest BCUT2D eigenvalue weighted by atomic mass is 10.0. The Kier molecular flexibility index (Phi) is 4.77. The largest absolute Gasteiger partial charge is 0.465 e. The van der Waals surface area contributed by atoms with Crippen molar-refractivity contribution in [1.29, 1.82) is 0 Å². The van der Waals surface area contributed by atoms with Crippen LogP contribution in [0.15, 0.2) is 64.3 Å². The van der Waals surface area contributed by atoms with Gasteiger partial charge in [-0.1, -0.05) is 6.07 Å². The number of alkyl halides is 3. The Morgan fingerprint density at radius 2 is 1.87 bits per heavy atom. The average Bonchev–Trinajstić information content (AvgIpc) is 3.28. The summed E-state index contributed by atoms with van der Waals surface area (Å²) in [5.41, 5.74) is 4.16. The molecule has 4 rings (SSSR count). The van der Waals surface area contributed by atoms with Crippen LogP contribution in [0.4, 0.5) is 18.9 Å². The summed E-state index contributed by atoms with van der Waals surface area (Å²) in [4.78, 5) is 29.2. The van der Waals surface area contributed by atoms with Crippen LogP contribution in [-0.2, 0) is 10.9 Å². The van der Waals surface area contributed by atoms with E-state index >= 15 is 0 Å². The standard InChI is InChI=1S/C21H14F3N3O4/c1-30-20(29)17-18(25)14-7-4-12(21(22,23)24)8-15(14)27(19(17)28)13-5-2-11(3-6-13)16-9-26-10-31-16/h2-10H,25H2,1H3. The molecule has 2 heterocycles. The fraction of sp³-hybridized carbons (Fsp3) is 0.0952. The van der Waals surface area contributed by atoms with Gasteiger partial charge in [-0.2, -0.15) is 13.2 Å². The summed E-state index contributed by atoms with van der Waals surface area (Å²) in [5, 5.41) is 0.104. The lowest BCUT2D eigenvalue weighted by Crippen LogP contribution is -2.28. The molecule has 0 amide bonds. The Morgan fingerprint density at radius 3 is 2.45 bits per heavy atom. The minimum atomic E-state index is -4.64. The molecule has 0 spiro atoms. The maximum Gasteiger partial charge on any atom is 0.416 e. The second-order valence-electron chi connectivity index (χ2n) is 6.56. The molecule has 0 unspecified atom stereocenters. The predicted molar refractivity (Wildman–Crippen MR) is 106 cm³/mol. The van der Waals surface area contributed by atoms with Crippen LogP contribution >= 0.6 is 0 Å². The van der Waals surface area contributed by atoms with Crippen molar-refractivity contribution in [3.63, 3.8) is 0 Å². The van der Waals surface area contributed by atoms with Crippen molar-refractivity contribution >= 4 is 22.6 Å². The molecule has 0 radical (unpaired) electrons. The molecule has 2 aromatic heterocycles. The van der Waals surface area contributed by atoms with E-state index in [-0.39, 0.29) is 22.3 Å². The van der Waals surface area contributed by atoms with E-state index in [0.29, 0.717) is 11.3 Å². The zero-order valence-corrected chi connectivity index (χ0v) is 15.9. The molecule has 10 heteroatoms. The first-order valence-electron chi connectivity index (χ1n) is 8.85. The fourth-order valence-corrected chi connectivity index (χ4v) is 3.28. The minimum Gasteiger partial charge on any atom is -0.465 e. The van der Waals surface area contributed by atoms with Crippen molar-refractivity contribution < 1.29 is 27.1 Å². The van der Waals surface area contributed by atoms with E-state index in [0.717, 1.165) is 29.9 Å². The van der Waals surface area contributed by atoms with Gasteiger partial charge in [0.2, 0.25) is 0 Å². The van der Waals surface area contributed by atoms with Gasteiger partial charge in [0, 0.05) is 16.6 Å². The molecule has 0 atom stereocenters. The van der Waals surface area contributed by atoms with Crippen LogP contribution in [0.2, 0.25) is 0 Å². The summed E-state index contributed by atoms with van der Waals surface area (Å²) in [6.45, 7) is 0. The van der Waals surface area contributed by atoms with Crippen molar-refractivity contribution in [2.24, 2.45) is 0 Å². The number of methoxy groups -OCH3 is 1. The van der Waals surface area contributed by atoms with Crippen LogP contribution in [0.1, 0.15) is 15.9 Å². The van der Waals surface area contributed by atoms with E-state index in [1.165, 1.54) is 24.7 Å². The van der Waals surface area contributed by atoms with Crippen molar-refractivity contribution in [1.82, 2.24) is 9.55 Å². The molecule has 0 aliphatic heterocycles. The number of carbonyl (C=O) groups excluding carboxylic acids is 1. The SMILES string of the molecule is COC(=O)c1c(N)c2ccc(C(F)(F)F)cc2n(-c2ccc(-c3cnco3)cc2)c1=O. The van der Waals surface area contributed by atoms with Gasteiger partial charge in [0.1, 0.15) is 5.56 Å². The van der Waals surface area contributed by atoms with Crippen LogP contribution in [-0.4, -0.2) is 22.6 Å². The summed E-state index contributed by atoms with van der Waals surface area (Å²) in [5.74, 6) is -0.521. The Morgan fingerprint density at radius 1 is 1.16 bits per heavy atom. The van der Waals surface area contributed by atoms with Gasteiger partial charge in [-0.25, -0.2) is 9.78 Å². The highest BCUT2D eigenvalue weighted by molar-refractivity contribution is 6.04.